The number of hydrogen-bond acceptors (Lipinski definition) is 5. The van der Waals surface area contributed by atoms with Gasteiger partial charge in [0.15, 0.2) is 5.76 Å². The van der Waals surface area contributed by atoms with E-state index in [1.54, 1.807) is 0 Å². The first-order chi connectivity index (χ1) is 15.7. The molecular weight excluding hydrogens is 438 g/mol. The van der Waals surface area contributed by atoms with Crippen LogP contribution in [0.1, 0.15) is 81.8 Å². The van der Waals surface area contributed by atoms with Gasteiger partial charge in [-0.05, 0) is 58.6 Å². The topological polar surface area (TPSA) is 66.7 Å². The van der Waals surface area contributed by atoms with E-state index in [-0.39, 0.29) is 23.1 Å². The second-order valence-corrected chi connectivity index (χ2v) is 10.8. The molecule has 178 valence electrons. The summed E-state index contributed by atoms with van der Waals surface area (Å²) in [6.45, 7) is 11.6. The smallest absolute Gasteiger partial charge is 0.289 e. The van der Waals surface area contributed by atoms with Gasteiger partial charge in [0.05, 0.1) is 27.7 Å². The van der Waals surface area contributed by atoms with Crippen LogP contribution in [-0.2, 0) is 10.3 Å². The minimum Gasteiger partial charge on any atom is -0.450 e. The van der Waals surface area contributed by atoms with Gasteiger partial charge in [0.1, 0.15) is 5.58 Å². The molecule has 0 bridgehead atoms. The van der Waals surface area contributed by atoms with Crippen LogP contribution < -0.4 is 10.6 Å². The average Bonchev–Trinajstić information content (AvgIpc) is 3.17. The van der Waals surface area contributed by atoms with E-state index in [1.807, 2.05) is 24.0 Å². The number of amides is 1. The molecule has 2 fully saturated rings. The van der Waals surface area contributed by atoms with E-state index in [2.05, 4.69) is 31.1 Å². The summed E-state index contributed by atoms with van der Waals surface area (Å²) < 4.78 is 12.3. The Balaban J connectivity index is 1.57. The van der Waals surface area contributed by atoms with Crippen LogP contribution in [0, 0.1) is 0 Å². The lowest BCUT2D eigenvalue weighted by molar-refractivity contribution is -0.0779. The maximum atomic E-state index is 13.6. The van der Waals surface area contributed by atoms with Gasteiger partial charge >= 0.3 is 0 Å². The number of anilines is 1. The molecule has 1 spiro atoms. The zero-order valence-electron chi connectivity index (χ0n) is 19.9. The van der Waals surface area contributed by atoms with Crippen LogP contribution in [0.3, 0.4) is 0 Å². The number of nitrogens with one attached hydrogen (secondary N) is 2. The Morgan fingerprint density at radius 3 is 2.73 bits per heavy atom. The van der Waals surface area contributed by atoms with Gasteiger partial charge in [-0.15, -0.1) is 0 Å². The van der Waals surface area contributed by atoms with Crippen molar-refractivity contribution in [2.45, 2.75) is 82.9 Å². The molecule has 2 N–H and O–H groups in total. The fourth-order valence-electron chi connectivity index (χ4n) is 6.07. The van der Waals surface area contributed by atoms with Crippen LogP contribution in [-0.4, -0.2) is 35.6 Å². The third kappa shape index (κ3) is 3.91. The third-order valence-electron chi connectivity index (χ3n) is 7.53. The third-order valence-corrected chi connectivity index (χ3v) is 7.83. The van der Waals surface area contributed by atoms with E-state index in [4.69, 9.17) is 20.8 Å². The maximum Gasteiger partial charge on any atom is 0.289 e. The summed E-state index contributed by atoms with van der Waals surface area (Å²) in [4.78, 5) is 15.6. The van der Waals surface area contributed by atoms with Crippen molar-refractivity contribution in [3.63, 3.8) is 0 Å². The number of rotatable bonds is 3. The zero-order chi connectivity index (χ0) is 23.4. The largest absolute Gasteiger partial charge is 0.450 e. The highest BCUT2D eigenvalue weighted by Crippen LogP contribution is 2.50. The van der Waals surface area contributed by atoms with Crippen LogP contribution in [0.5, 0.6) is 0 Å². The summed E-state index contributed by atoms with van der Waals surface area (Å²) in [6, 6.07) is 3.89. The number of carbonyl (C=O) groups is 1. The molecule has 1 amide bonds. The van der Waals surface area contributed by atoms with Crippen molar-refractivity contribution in [1.29, 1.82) is 0 Å². The molecule has 33 heavy (non-hydrogen) atoms. The second kappa shape index (κ2) is 8.24. The number of halogens is 1. The van der Waals surface area contributed by atoms with Crippen molar-refractivity contribution in [2.75, 3.05) is 18.5 Å². The van der Waals surface area contributed by atoms with Gasteiger partial charge in [-0.25, -0.2) is 0 Å². The van der Waals surface area contributed by atoms with Crippen molar-refractivity contribution in [3.05, 3.63) is 40.9 Å². The Bertz CT molecular complexity index is 1100. The summed E-state index contributed by atoms with van der Waals surface area (Å²) in [5, 5.41) is 8.42. The van der Waals surface area contributed by atoms with E-state index in [0.29, 0.717) is 23.9 Å². The molecule has 1 atom stereocenters. The van der Waals surface area contributed by atoms with Gasteiger partial charge < -0.3 is 24.7 Å². The Morgan fingerprint density at radius 1 is 1.27 bits per heavy atom. The number of hydrogen-bond donors (Lipinski definition) is 2. The van der Waals surface area contributed by atoms with Crippen molar-refractivity contribution in [1.82, 2.24) is 10.2 Å². The van der Waals surface area contributed by atoms with Crippen molar-refractivity contribution in [2.24, 2.45) is 0 Å². The molecule has 2 aromatic rings. The van der Waals surface area contributed by atoms with Crippen LogP contribution in [0.25, 0.3) is 11.0 Å². The van der Waals surface area contributed by atoms with Crippen LogP contribution in [0.15, 0.2) is 28.9 Å². The highest BCUT2D eigenvalue weighted by atomic mass is 35.5. The normalized spacial score (nSPS) is 23.6. The molecule has 1 unspecified atom stereocenters. The van der Waals surface area contributed by atoms with Gasteiger partial charge in [-0.3, -0.25) is 4.79 Å². The minimum atomic E-state index is -0.271. The molecule has 1 saturated heterocycles. The average molecular weight is 472 g/mol. The molecule has 1 aromatic heterocycles. The molecule has 2 aliphatic heterocycles. The molecule has 1 saturated carbocycles. The first-order valence-electron chi connectivity index (χ1n) is 12.2. The van der Waals surface area contributed by atoms with E-state index in [9.17, 15) is 4.79 Å². The number of furan rings is 1. The van der Waals surface area contributed by atoms with Gasteiger partial charge in [-0.1, -0.05) is 37.4 Å². The molecule has 1 aromatic carbocycles. The van der Waals surface area contributed by atoms with Crippen LogP contribution in [0.2, 0.25) is 5.02 Å². The second-order valence-electron chi connectivity index (χ2n) is 10.4. The van der Waals surface area contributed by atoms with E-state index < -0.39 is 0 Å². The summed E-state index contributed by atoms with van der Waals surface area (Å²) in [5.74, 6) is 1.06. The first-order valence-corrected chi connectivity index (χ1v) is 12.6. The molecule has 3 heterocycles. The molecule has 3 aliphatic rings. The number of fused-ring (bicyclic) bond motifs is 4. The molecule has 7 heteroatoms. The maximum absolute atomic E-state index is 13.6. The lowest BCUT2D eigenvalue weighted by Gasteiger charge is -2.44. The summed E-state index contributed by atoms with van der Waals surface area (Å²) in [5.41, 5.74) is 2.12. The number of benzene rings is 1. The summed E-state index contributed by atoms with van der Waals surface area (Å²) in [6.07, 6.45) is 7.09. The Kier molecular flexibility index (Phi) is 5.65. The highest BCUT2D eigenvalue weighted by Gasteiger charge is 2.43. The van der Waals surface area contributed by atoms with E-state index in [1.165, 1.54) is 6.42 Å². The Morgan fingerprint density at radius 2 is 2.03 bits per heavy atom. The van der Waals surface area contributed by atoms with Crippen molar-refractivity contribution < 1.29 is 13.9 Å². The standard InChI is InChI=1S/C26H34ClN3O3/c1-5-30(18-9-12-32-25(3,4)15-18)24(31)20-14-17-13-19(27)22-21(23(17)33-20)26(29-16(2)28-22)10-7-6-8-11-26/h13-14,18,28-29H,2,5-12,15H2,1,3-4H3. The van der Waals surface area contributed by atoms with Gasteiger partial charge in [0, 0.05) is 30.1 Å². The predicted octanol–water partition coefficient (Wildman–Crippen LogP) is 6.15. The monoisotopic (exact) mass is 471 g/mol. The summed E-state index contributed by atoms with van der Waals surface area (Å²) in [7, 11) is 0. The molecule has 6 nitrogen and oxygen atoms in total. The summed E-state index contributed by atoms with van der Waals surface area (Å²) >= 11 is 6.74. The number of ether oxygens (including phenoxy) is 1. The zero-order valence-corrected chi connectivity index (χ0v) is 20.6. The van der Waals surface area contributed by atoms with Gasteiger partial charge in [0.2, 0.25) is 0 Å². The fourth-order valence-corrected chi connectivity index (χ4v) is 6.33. The van der Waals surface area contributed by atoms with E-state index in [0.717, 1.165) is 66.6 Å². The lowest BCUT2D eigenvalue weighted by Crippen LogP contribution is -2.48. The highest BCUT2D eigenvalue weighted by molar-refractivity contribution is 6.34. The molecular formula is C26H34ClN3O3. The SMILES string of the molecule is C=C1Nc2c(Cl)cc3cc(C(=O)N(CC)C4CCOC(C)(C)C4)oc3c2C2(CCCCC2)N1. The Hall–Kier alpha value is -2.18. The van der Waals surface area contributed by atoms with Crippen molar-refractivity contribution >= 4 is 34.2 Å². The number of carbonyl (C=O) groups excluding carboxylic acids is 1. The number of nitrogens with zero attached hydrogens (tertiary/aromatic N) is 1. The first kappa shape index (κ1) is 22.6. The predicted molar refractivity (Wildman–Crippen MR) is 132 cm³/mol. The van der Waals surface area contributed by atoms with Crippen LogP contribution >= 0.6 is 11.6 Å². The van der Waals surface area contributed by atoms with Crippen LogP contribution in [0.4, 0.5) is 5.69 Å². The van der Waals surface area contributed by atoms with E-state index >= 15 is 0 Å². The molecule has 0 radical (unpaired) electrons. The quantitative estimate of drug-likeness (QED) is 0.561. The molecule has 5 rings (SSSR count). The van der Waals surface area contributed by atoms with Crippen molar-refractivity contribution in [3.8, 4) is 0 Å². The minimum absolute atomic E-state index is 0.0693. The Labute approximate surface area is 200 Å². The fraction of sp³-hybridized carbons (Fsp3) is 0.577. The van der Waals surface area contributed by atoms with Gasteiger partial charge in [0.25, 0.3) is 5.91 Å². The lowest BCUT2D eigenvalue weighted by atomic mass is 9.74. The molecule has 1 aliphatic carbocycles. The van der Waals surface area contributed by atoms with Gasteiger partial charge in [-0.2, -0.15) is 0 Å².